The Balaban J connectivity index is 1.65. The number of aromatic nitrogens is 2. The Morgan fingerprint density at radius 1 is 1.14 bits per heavy atom. The lowest BCUT2D eigenvalue weighted by molar-refractivity contribution is 0.282. The number of hydrogen-bond acceptors (Lipinski definition) is 3. The number of imidazole rings is 1. The zero-order chi connectivity index (χ0) is 15.5. The van der Waals surface area contributed by atoms with Crippen molar-refractivity contribution in [3.05, 3.63) is 48.1 Å². The summed E-state index contributed by atoms with van der Waals surface area (Å²) in [5.41, 5.74) is 1.40. The lowest BCUT2D eigenvalue weighted by atomic mass is 10.2. The molecule has 1 aromatic heterocycles. The van der Waals surface area contributed by atoms with Crippen LogP contribution in [0.2, 0.25) is 0 Å². The van der Waals surface area contributed by atoms with Gasteiger partial charge in [0.15, 0.2) is 11.6 Å². The number of anilines is 1. The van der Waals surface area contributed by atoms with Gasteiger partial charge in [-0.15, -0.1) is 0 Å². The van der Waals surface area contributed by atoms with Gasteiger partial charge >= 0.3 is 0 Å². The molecule has 1 aromatic carbocycles. The van der Waals surface area contributed by atoms with Crippen molar-refractivity contribution >= 4 is 5.69 Å². The second kappa shape index (κ2) is 6.44. The van der Waals surface area contributed by atoms with Crippen molar-refractivity contribution in [2.45, 2.75) is 13.0 Å². The molecule has 0 N–H and O–H groups in total. The van der Waals surface area contributed by atoms with Crippen LogP contribution in [0.4, 0.5) is 14.5 Å². The quantitative estimate of drug-likeness (QED) is 0.870. The number of hydrogen-bond donors (Lipinski definition) is 0. The molecule has 0 atom stereocenters. The van der Waals surface area contributed by atoms with E-state index >= 15 is 0 Å². The van der Waals surface area contributed by atoms with Crippen LogP contribution in [0.3, 0.4) is 0 Å². The lowest BCUT2D eigenvalue weighted by Gasteiger charge is -2.24. The molecule has 0 saturated carbocycles. The number of aryl methyl sites for hydroxylation is 1. The van der Waals surface area contributed by atoms with E-state index in [0.717, 1.165) is 44.4 Å². The van der Waals surface area contributed by atoms with E-state index in [2.05, 4.69) is 9.88 Å². The summed E-state index contributed by atoms with van der Waals surface area (Å²) in [5, 5.41) is 0. The summed E-state index contributed by atoms with van der Waals surface area (Å²) >= 11 is 0. The Kier molecular flexibility index (Phi) is 4.38. The van der Waals surface area contributed by atoms with E-state index in [1.807, 2.05) is 22.7 Å². The van der Waals surface area contributed by atoms with E-state index in [1.165, 1.54) is 0 Å². The highest BCUT2D eigenvalue weighted by molar-refractivity contribution is 5.48. The zero-order valence-electron chi connectivity index (χ0n) is 12.7. The molecule has 0 radical (unpaired) electrons. The Labute approximate surface area is 129 Å². The van der Waals surface area contributed by atoms with E-state index in [9.17, 15) is 8.78 Å². The van der Waals surface area contributed by atoms with E-state index in [1.54, 1.807) is 18.5 Å². The molecule has 0 bridgehead atoms. The van der Waals surface area contributed by atoms with Crippen LogP contribution < -0.4 is 4.90 Å². The first-order valence-electron chi connectivity index (χ1n) is 7.51. The third-order valence-electron chi connectivity index (χ3n) is 4.00. The molecule has 4 nitrogen and oxygen atoms in total. The number of halogens is 2. The van der Waals surface area contributed by atoms with Gasteiger partial charge in [-0.2, -0.15) is 0 Å². The first-order chi connectivity index (χ1) is 10.6. The van der Waals surface area contributed by atoms with Gasteiger partial charge in [0.2, 0.25) is 0 Å². The summed E-state index contributed by atoms with van der Waals surface area (Å²) in [6.07, 6.45) is 4.72. The molecule has 2 heterocycles. The van der Waals surface area contributed by atoms with E-state index in [-0.39, 0.29) is 0 Å². The van der Waals surface area contributed by atoms with Gasteiger partial charge in [0, 0.05) is 46.0 Å². The summed E-state index contributed by atoms with van der Waals surface area (Å²) < 4.78 is 29.2. The van der Waals surface area contributed by atoms with Gasteiger partial charge in [-0.1, -0.05) is 6.07 Å². The maximum atomic E-state index is 13.9. The predicted molar refractivity (Wildman–Crippen MR) is 81.7 cm³/mol. The zero-order valence-corrected chi connectivity index (χ0v) is 12.7. The predicted octanol–water partition coefficient (Wildman–Crippen LogP) is 2.41. The molecule has 118 valence electrons. The lowest BCUT2D eigenvalue weighted by Crippen LogP contribution is -2.31. The molecule has 0 spiro atoms. The molecule has 2 aromatic rings. The highest BCUT2D eigenvalue weighted by Gasteiger charge is 2.19. The second-order valence-electron chi connectivity index (χ2n) is 5.72. The second-order valence-corrected chi connectivity index (χ2v) is 5.72. The maximum absolute atomic E-state index is 13.9. The van der Waals surface area contributed by atoms with Crippen molar-refractivity contribution in [2.75, 3.05) is 31.1 Å². The summed E-state index contributed by atoms with van der Waals surface area (Å²) in [7, 11) is 1.95. The molecule has 0 amide bonds. The molecular formula is C16H20F2N4. The molecule has 3 rings (SSSR count). The molecule has 22 heavy (non-hydrogen) atoms. The van der Waals surface area contributed by atoms with Crippen molar-refractivity contribution in [1.82, 2.24) is 14.5 Å². The average molecular weight is 306 g/mol. The fraction of sp³-hybridized carbons (Fsp3) is 0.438. The summed E-state index contributed by atoms with van der Waals surface area (Å²) in [6.45, 7) is 3.96. The van der Waals surface area contributed by atoms with Crippen LogP contribution in [0.1, 0.15) is 12.1 Å². The Bertz CT molecular complexity index is 641. The van der Waals surface area contributed by atoms with Gasteiger partial charge in [0.1, 0.15) is 0 Å². The Morgan fingerprint density at radius 2 is 2.00 bits per heavy atom. The van der Waals surface area contributed by atoms with E-state index < -0.39 is 11.6 Å². The standard InChI is InChI=1S/C16H20F2N4/c1-20-10-13(19-12-20)11-21-6-3-7-22(9-8-21)15-5-2-4-14(17)16(15)18/h2,4-5,10,12H,3,6-9,11H2,1H3. The van der Waals surface area contributed by atoms with Gasteiger partial charge in [0.25, 0.3) is 0 Å². The van der Waals surface area contributed by atoms with E-state index in [4.69, 9.17) is 0 Å². The smallest absolute Gasteiger partial charge is 0.182 e. The van der Waals surface area contributed by atoms with Crippen LogP contribution in [-0.2, 0) is 13.6 Å². The van der Waals surface area contributed by atoms with Gasteiger partial charge in [0.05, 0.1) is 17.7 Å². The first-order valence-corrected chi connectivity index (χ1v) is 7.51. The van der Waals surface area contributed by atoms with Crippen molar-refractivity contribution in [3.63, 3.8) is 0 Å². The van der Waals surface area contributed by atoms with Gasteiger partial charge in [-0.25, -0.2) is 13.8 Å². The molecule has 1 aliphatic rings. The summed E-state index contributed by atoms with van der Waals surface area (Å²) in [4.78, 5) is 8.57. The van der Waals surface area contributed by atoms with Crippen molar-refractivity contribution in [3.8, 4) is 0 Å². The maximum Gasteiger partial charge on any atom is 0.182 e. The summed E-state index contributed by atoms with van der Waals surface area (Å²) in [5.74, 6) is -1.53. The molecule has 6 heteroatoms. The molecule has 0 aliphatic carbocycles. The van der Waals surface area contributed by atoms with Gasteiger partial charge in [-0.05, 0) is 18.6 Å². The number of rotatable bonds is 3. The van der Waals surface area contributed by atoms with Gasteiger partial charge < -0.3 is 9.47 Å². The van der Waals surface area contributed by atoms with E-state index in [0.29, 0.717) is 12.2 Å². The molecule has 0 unspecified atom stereocenters. The first kappa shape index (κ1) is 15.0. The fourth-order valence-corrected chi connectivity index (χ4v) is 2.88. The Hall–Kier alpha value is -1.95. The highest BCUT2D eigenvalue weighted by atomic mass is 19.2. The molecule has 1 aliphatic heterocycles. The van der Waals surface area contributed by atoms with Gasteiger partial charge in [-0.3, -0.25) is 4.90 Å². The van der Waals surface area contributed by atoms with Crippen LogP contribution in [0.15, 0.2) is 30.7 Å². The number of benzene rings is 1. The van der Waals surface area contributed by atoms with Crippen LogP contribution in [-0.4, -0.2) is 40.6 Å². The molecular weight excluding hydrogens is 286 g/mol. The minimum Gasteiger partial charge on any atom is -0.368 e. The van der Waals surface area contributed by atoms with Crippen LogP contribution >= 0.6 is 0 Å². The third-order valence-corrected chi connectivity index (χ3v) is 4.00. The molecule has 1 saturated heterocycles. The molecule has 1 fully saturated rings. The van der Waals surface area contributed by atoms with Crippen molar-refractivity contribution < 1.29 is 8.78 Å². The number of nitrogens with zero attached hydrogens (tertiary/aromatic N) is 4. The average Bonchev–Trinajstić information content (AvgIpc) is 2.77. The monoisotopic (exact) mass is 306 g/mol. The van der Waals surface area contributed by atoms with Crippen LogP contribution in [0, 0.1) is 11.6 Å². The minimum absolute atomic E-state index is 0.361. The largest absolute Gasteiger partial charge is 0.368 e. The van der Waals surface area contributed by atoms with Crippen LogP contribution in [0.5, 0.6) is 0 Å². The topological polar surface area (TPSA) is 24.3 Å². The highest BCUT2D eigenvalue weighted by Crippen LogP contribution is 2.23. The minimum atomic E-state index is -0.785. The third kappa shape index (κ3) is 3.27. The van der Waals surface area contributed by atoms with Crippen LogP contribution in [0.25, 0.3) is 0 Å². The normalized spacial score (nSPS) is 16.8. The Morgan fingerprint density at radius 3 is 2.77 bits per heavy atom. The van der Waals surface area contributed by atoms with Crippen molar-refractivity contribution in [1.29, 1.82) is 0 Å². The van der Waals surface area contributed by atoms with Crippen molar-refractivity contribution in [2.24, 2.45) is 7.05 Å². The summed E-state index contributed by atoms with van der Waals surface area (Å²) in [6, 6.07) is 4.36. The SMILES string of the molecule is Cn1cnc(CN2CCCN(c3cccc(F)c3F)CC2)c1. The fourth-order valence-electron chi connectivity index (χ4n) is 2.88.